The Morgan fingerprint density at radius 3 is 1.23 bits per heavy atom. The van der Waals surface area contributed by atoms with Gasteiger partial charge in [0.05, 0.1) is 52.9 Å². The van der Waals surface area contributed by atoms with E-state index in [0.717, 1.165) is 10.7 Å². The van der Waals surface area contributed by atoms with Gasteiger partial charge in [-0.2, -0.15) is 9.68 Å². The maximum Gasteiger partial charge on any atom is 0.477 e. The predicted molar refractivity (Wildman–Crippen MR) is 86.4 cm³/mol. The van der Waals surface area contributed by atoms with Crippen LogP contribution in [-0.4, -0.2) is 81.8 Å². The number of ether oxygens (including phenoxy) is 4. The molecule has 0 aliphatic heterocycles. The molecule has 0 aromatic rings. The number of hydrogen-bond donors (Lipinski definition) is 0. The molecule has 0 amide bonds. The molecule has 0 saturated carbocycles. The van der Waals surface area contributed by atoms with E-state index in [1.54, 1.807) is 0 Å². The highest BCUT2D eigenvalue weighted by molar-refractivity contribution is 9.09. The molecule has 0 heterocycles. The molecule has 0 N–H and O–H groups in total. The number of halogens is 2. The van der Waals surface area contributed by atoms with E-state index >= 15 is 0 Å². The summed E-state index contributed by atoms with van der Waals surface area (Å²) in [7, 11) is 0. The largest absolute Gasteiger partial charge is 0.477 e. The highest BCUT2D eigenvalue weighted by Gasteiger charge is 2.11. The second-order valence-electron chi connectivity index (χ2n) is 3.72. The van der Waals surface area contributed by atoms with Gasteiger partial charge in [-0.1, -0.05) is 31.9 Å². The lowest BCUT2D eigenvalue weighted by molar-refractivity contribution is -0.981. The van der Waals surface area contributed by atoms with Crippen molar-refractivity contribution < 1.29 is 33.7 Å². The van der Waals surface area contributed by atoms with Crippen LogP contribution in [0, 0.1) is 4.91 Å². The quantitative estimate of drug-likeness (QED) is 0.177. The minimum Gasteiger partial charge on any atom is -0.378 e. The zero-order valence-corrected chi connectivity index (χ0v) is 15.7. The molecule has 0 aliphatic carbocycles. The van der Waals surface area contributed by atoms with E-state index < -0.39 is 0 Å². The number of nitrogens with zero attached hydrogens (tertiary/aromatic N) is 1. The van der Waals surface area contributed by atoms with Crippen molar-refractivity contribution in [1.82, 2.24) is 0 Å². The van der Waals surface area contributed by atoms with Crippen LogP contribution in [0.15, 0.2) is 0 Å². The van der Waals surface area contributed by atoms with Crippen LogP contribution in [0.25, 0.3) is 0 Å². The van der Waals surface area contributed by atoms with E-state index in [1.807, 2.05) is 0 Å². The highest BCUT2D eigenvalue weighted by Crippen LogP contribution is 1.87. The average Bonchev–Trinajstić information content (AvgIpc) is 2.52. The van der Waals surface area contributed by atoms with Gasteiger partial charge in [-0.25, -0.2) is 0 Å². The Balaban J connectivity index is 3.13. The van der Waals surface area contributed by atoms with E-state index in [9.17, 15) is 4.91 Å². The Hall–Kier alpha value is -0.000000000000000167. The topological polar surface area (TPSA) is 75.5 Å². The van der Waals surface area contributed by atoms with Crippen LogP contribution >= 0.6 is 31.9 Å². The third-order valence-electron chi connectivity index (χ3n) is 2.04. The number of alkyl halides is 2. The molecule has 0 saturated heterocycles. The van der Waals surface area contributed by atoms with E-state index in [4.69, 9.17) is 28.6 Å². The molecule has 0 aliphatic rings. The normalized spacial score (nSPS) is 10.6. The molecule has 0 aromatic heterocycles. The van der Waals surface area contributed by atoms with Gasteiger partial charge in [0, 0.05) is 10.7 Å². The summed E-state index contributed by atoms with van der Waals surface area (Å²) in [6.45, 7) is 4.05. The second-order valence-corrected chi connectivity index (χ2v) is 5.30. The monoisotopic (exact) mass is 452 g/mol. The van der Waals surface area contributed by atoms with Crippen molar-refractivity contribution in [3.05, 3.63) is 4.91 Å². The van der Waals surface area contributed by atoms with Gasteiger partial charge < -0.3 is 18.9 Å². The first kappa shape index (κ1) is 22.0. The molecule has 132 valence electrons. The van der Waals surface area contributed by atoms with Crippen LogP contribution in [0.3, 0.4) is 0 Å². The van der Waals surface area contributed by atoms with Crippen LogP contribution in [-0.2, 0) is 28.6 Å². The van der Waals surface area contributed by atoms with Crippen molar-refractivity contribution >= 4 is 31.9 Å². The summed E-state index contributed by atoms with van der Waals surface area (Å²) in [4.78, 5) is 20.5. The number of hydrogen-bond acceptors (Lipinski definition) is 7. The molecule has 0 atom stereocenters. The fourth-order valence-corrected chi connectivity index (χ4v) is 1.59. The van der Waals surface area contributed by atoms with Gasteiger partial charge in [-0.15, -0.1) is 0 Å². The van der Waals surface area contributed by atoms with Crippen molar-refractivity contribution in [2.24, 2.45) is 0 Å². The van der Waals surface area contributed by atoms with Crippen LogP contribution in [0.1, 0.15) is 0 Å². The van der Waals surface area contributed by atoms with Crippen molar-refractivity contribution in [2.45, 2.75) is 0 Å². The molecular weight excluding hydrogens is 430 g/mol. The first-order valence-corrected chi connectivity index (χ1v) is 9.21. The minimum atomic E-state index is 0.0649. The van der Waals surface area contributed by atoms with Crippen molar-refractivity contribution in [3.8, 4) is 0 Å². The zero-order valence-electron chi connectivity index (χ0n) is 12.5. The van der Waals surface area contributed by atoms with Gasteiger partial charge in [-0.05, 0) is 0 Å². The molecule has 0 fully saturated rings. The summed E-state index contributed by atoms with van der Waals surface area (Å²) in [5.41, 5.74) is 0. The van der Waals surface area contributed by atoms with Crippen LogP contribution < -0.4 is 0 Å². The Morgan fingerprint density at radius 2 is 0.864 bits per heavy atom. The Kier molecular flexibility index (Phi) is 19.0. The van der Waals surface area contributed by atoms with E-state index in [1.165, 1.54) is 0 Å². The smallest absolute Gasteiger partial charge is 0.378 e. The molecule has 22 heavy (non-hydrogen) atoms. The molecular formula is C12H24Br2NO7+. The number of rotatable bonds is 18. The second kappa shape index (κ2) is 19.0. The SMILES string of the molecule is O=[N+](OCCOCCOCCBr)OCCOCCOCCBr. The Morgan fingerprint density at radius 1 is 0.545 bits per heavy atom. The fourth-order valence-electron chi connectivity index (χ4n) is 1.13. The van der Waals surface area contributed by atoms with Gasteiger partial charge in [0.1, 0.15) is 4.91 Å². The minimum absolute atomic E-state index is 0.0649. The van der Waals surface area contributed by atoms with Gasteiger partial charge in [-0.3, -0.25) is 0 Å². The molecule has 0 radical (unpaired) electrons. The lowest BCUT2D eigenvalue weighted by atomic mass is 10.7. The first-order chi connectivity index (χ1) is 10.8. The summed E-state index contributed by atoms with van der Waals surface area (Å²) in [6, 6.07) is 0. The summed E-state index contributed by atoms with van der Waals surface area (Å²) < 4.78 is 20.7. The van der Waals surface area contributed by atoms with Gasteiger partial charge >= 0.3 is 5.09 Å². The van der Waals surface area contributed by atoms with E-state index in [2.05, 4.69) is 31.9 Å². The average molecular weight is 454 g/mol. The zero-order chi connectivity index (χ0) is 16.3. The van der Waals surface area contributed by atoms with Gasteiger partial charge in [0.2, 0.25) is 0 Å². The van der Waals surface area contributed by atoms with Crippen LogP contribution in [0.2, 0.25) is 0 Å². The molecule has 0 rings (SSSR count). The van der Waals surface area contributed by atoms with Crippen molar-refractivity contribution in [1.29, 1.82) is 0 Å². The van der Waals surface area contributed by atoms with Gasteiger partial charge in [0.25, 0.3) is 0 Å². The Labute approximate surface area is 147 Å². The third kappa shape index (κ3) is 18.1. The maximum atomic E-state index is 11.1. The predicted octanol–water partition coefficient (Wildman–Crippen LogP) is 1.48. The lowest BCUT2D eigenvalue weighted by Gasteiger charge is -2.03. The summed E-state index contributed by atoms with van der Waals surface area (Å²) >= 11 is 6.49. The van der Waals surface area contributed by atoms with Gasteiger partial charge in [0.15, 0.2) is 13.2 Å². The molecule has 0 spiro atoms. The standard InChI is InChI=1S/C12H24Br2NO7/c13-1-3-17-5-7-19-9-11-21-15(16)22-12-10-20-8-6-18-4-2-14/h1-12H2/q+1. The van der Waals surface area contributed by atoms with E-state index in [0.29, 0.717) is 52.9 Å². The summed E-state index contributed by atoms with van der Waals surface area (Å²) in [5, 5.41) is 1.66. The molecule has 0 unspecified atom stereocenters. The summed E-state index contributed by atoms with van der Waals surface area (Å²) in [5.74, 6) is 0. The van der Waals surface area contributed by atoms with Crippen molar-refractivity contribution in [2.75, 3.05) is 76.7 Å². The molecule has 10 heteroatoms. The van der Waals surface area contributed by atoms with Crippen LogP contribution in [0.4, 0.5) is 0 Å². The maximum absolute atomic E-state index is 11.1. The molecule has 8 nitrogen and oxygen atoms in total. The highest BCUT2D eigenvalue weighted by atomic mass is 79.9. The fraction of sp³-hybridized carbons (Fsp3) is 1.00. The molecule has 0 aromatic carbocycles. The van der Waals surface area contributed by atoms with Crippen LogP contribution in [0.5, 0.6) is 0 Å². The van der Waals surface area contributed by atoms with E-state index in [-0.39, 0.29) is 18.3 Å². The third-order valence-corrected chi connectivity index (χ3v) is 2.68. The lowest BCUT2D eigenvalue weighted by Crippen LogP contribution is -2.18. The summed E-state index contributed by atoms with van der Waals surface area (Å²) in [6.07, 6.45) is 0. The Bertz CT molecular complexity index is 228. The van der Waals surface area contributed by atoms with Crippen molar-refractivity contribution in [3.63, 3.8) is 0 Å². The molecule has 0 bridgehead atoms. The first-order valence-electron chi connectivity index (χ1n) is 6.97.